The van der Waals surface area contributed by atoms with Crippen molar-refractivity contribution in [2.75, 3.05) is 12.4 Å². The summed E-state index contributed by atoms with van der Waals surface area (Å²) in [5, 5.41) is 7.82. The molecule has 30 heavy (non-hydrogen) atoms. The van der Waals surface area contributed by atoms with Crippen LogP contribution in [0.2, 0.25) is 0 Å². The van der Waals surface area contributed by atoms with Crippen LogP contribution < -0.4 is 10.9 Å². The molecule has 0 spiro atoms. The molecule has 3 rings (SSSR count). The number of aromatic nitrogens is 4. The summed E-state index contributed by atoms with van der Waals surface area (Å²) in [6.45, 7) is 9.99. The van der Waals surface area contributed by atoms with Crippen LogP contribution in [0.5, 0.6) is 0 Å². The summed E-state index contributed by atoms with van der Waals surface area (Å²) in [6.07, 6.45) is 1.52. The van der Waals surface area contributed by atoms with Gasteiger partial charge in [0.2, 0.25) is 16.0 Å². The summed E-state index contributed by atoms with van der Waals surface area (Å²) in [5.41, 5.74) is 0.779. The van der Waals surface area contributed by atoms with Crippen LogP contribution >= 0.6 is 0 Å². The lowest BCUT2D eigenvalue weighted by Gasteiger charge is -2.21. The molecule has 0 unspecified atom stereocenters. The van der Waals surface area contributed by atoms with Crippen molar-refractivity contribution in [3.05, 3.63) is 46.4 Å². The first kappa shape index (κ1) is 22.0. The summed E-state index contributed by atoms with van der Waals surface area (Å²) >= 11 is 0. The second-order valence-electron chi connectivity index (χ2n) is 8.49. The minimum absolute atomic E-state index is 0.129. The van der Waals surface area contributed by atoms with Crippen molar-refractivity contribution in [1.29, 1.82) is 0 Å². The molecule has 1 aromatic carbocycles. The van der Waals surface area contributed by atoms with Gasteiger partial charge in [-0.25, -0.2) is 13.1 Å². The molecule has 0 aliphatic rings. The number of aromatic amines is 1. The maximum absolute atomic E-state index is 12.6. The Kier molecular flexibility index (Phi) is 5.74. The Morgan fingerprint density at radius 2 is 1.83 bits per heavy atom. The average Bonchev–Trinajstić information content (AvgIpc) is 3.11. The zero-order valence-electron chi connectivity index (χ0n) is 18.1. The molecule has 0 atom stereocenters. The van der Waals surface area contributed by atoms with E-state index < -0.39 is 10.0 Å². The maximum Gasteiger partial charge on any atom is 0.263 e. The topological polar surface area (TPSA) is 113 Å². The molecule has 9 nitrogen and oxygen atoms in total. The number of sulfonamides is 1. The van der Waals surface area contributed by atoms with E-state index in [-0.39, 0.29) is 22.0 Å². The summed E-state index contributed by atoms with van der Waals surface area (Å²) < 4.78 is 28.2. The molecule has 162 valence electrons. The normalized spacial score (nSPS) is 12.8. The van der Waals surface area contributed by atoms with Crippen LogP contribution in [0, 0.1) is 0 Å². The number of benzene rings is 1. The van der Waals surface area contributed by atoms with Gasteiger partial charge in [0, 0.05) is 19.6 Å². The molecule has 0 aliphatic heterocycles. The summed E-state index contributed by atoms with van der Waals surface area (Å²) in [4.78, 5) is 19.8. The summed E-state index contributed by atoms with van der Waals surface area (Å²) in [7, 11) is -1.96. The average molecular weight is 433 g/mol. The fourth-order valence-electron chi connectivity index (χ4n) is 2.90. The highest BCUT2D eigenvalue weighted by atomic mass is 32.2. The molecule has 3 aromatic rings. The van der Waals surface area contributed by atoms with Crippen LogP contribution in [0.3, 0.4) is 0 Å². The van der Waals surface area contributed by atoms with Crippen molar-refractivity contribution in [1.82, 2.24) is 24.1 Å². The summed E-state index contributed by atoms with van der Waals surface area (Å²) in [6, 6.07) is 6.52. The number of hydrogen-bond acceptors (Lipinski definition) is 6. The largest absolute Gasteiger partial charge is 0.352 e. The maximum atomic E-state index is 12.6. The molecule has 0 fully saturated rings. The van der Waals surface area contributed by atoms with Gasteiger partial charge in [-0.15, -0.1) is 0 Å². The van der Waals surface area contributed by atoms with E-state index in [0.29, 0.717) is 23.5 Å². The van der Waals surface area contributed by atoms with Crippen molar-refractivity contribution in [3.63, 3.8) is 0 Å². The molecule has 0 bridgehead atoms. The van der Waals surface area contributed by atoms with E-state index in [2.05, 4.69) is 20.4 Å². The number of H-pyrrole nitrogens is 1. The van der Waals surface area contributed by atoms with Crippen molar-refractivity contribution >= 4 is 27.0 Å². The Morgan fingerprint density at radius 1 is 1.20 bits per heavy atom. The standard InChI is InChI=1S/C20H28N6O3S/c1-13(2)25(6)30(28,29)15-9-7-14(8-10-15)11-21-19-23-17-16(18(27)24-19)12-22-26(17)20(3,4)5/h7-10,12-13H,11H2,1-6H3,(H2,21,23,24,27). The third kappa shape index (κ3) is 4.24. The molecule has 0 saturated heterocycles. The highest BCUT2D eigenvalue weighted by Crippen LogP contribution is 2.20. The predicted octanol–water partition coefficient (Wildman–Crippen LogP) is 2.52. The first-order valence-electron chi connectivity index (χ1n) is 9.70. The lowest BCUT2D eigenvalue weighted by Crippen LogP contribution is -2.33. The van der Waals surface area contributed by atoms with Crippen LogP contribution in [-0.4, -0.2) is 45.6 Å². The van der Waals surface area contributed by atoms with Crippen LogP contribution in [0.4, 0.5) is 5.95 Å². The monoisotopic (exact) mass is 432 g/mol. The molecule has 0 saturated carbocycles. The third-order valence-electron chi connectivity index (χ3n) is 4.86. The molecule has 2 heterocycles. The van der Waals surface area contributed by atoms with E-state index in [1.165, 1.54) is 10.5 Å². The van der Waals surface area contributed by atoms with Gasteiger partial charge in [-0.05, 0) is 52.3 Å². The van der Waals surface area contributed by atoms with Crippen molar-refractivity contribution in [2.24, 2.45) is 0 Å². The van der Waals surface area contributed by atoms with E-state index in [9.17, 15) is 13.2 Å². The predicted molar refractivity (Wildman–Crippen MR) is 117 cm³/mol. The van der Waals surface area contributed by atoms with Gasteiger partial charge >= 0.3 is 0 Å². The van der Waals surface area contributed by atoms with Crippen molar-refractivity contribution in [3.8, 4) is 0 Å². The first-order chi connectivity index (χ1) is 13.9. The highest BCUT2D eigenvalue weighted by Gasteiger charge is 2.23. The molecular weight excluding hydrogens is 404 g/mol. The Labute approximate surface area is 176 Å². The zero-order valence-corrected chi connectivity index (χ0v) is 18.9. The van der Waals surface area contributed by atoms with Crippen molar-refractivity contribution < 1.29 is 8.42 Å². The Hall–Kier alpha value is -2.72. The van der Waals surface area contributed by atoms with E-state index in [1.54, 1.807) is 36.0 Å². The minimum Gasteiger partial charge on any atom is -0.352 e. The molecule has 0 radical (unpaired) electrons. The zero-order chi connectivity index (χ0) is 22.3. The van der Waals surface area contributed by atoms with Crippen LogP contribution in [0.25, 0.3) is 11.0 Å². The van der Waals surface area contributed by atoms with Gasteiger partial charge < -0.3 is 5.32 Å². The SMILES string of the molecule is CC(C)N(C)S(=O)(=O)c1ccc(CNc2nc3c(cnn3C(C)(C)C)c(=O)[nH]2)cc1. The smallest absolute Gasteiger partial charge is 0.263 e. The lowest BCUT2D eigenvalue weighted by atomic mass is 10.1. The van der Waals surface area contributed by atoms with Gasteiger partial charge in [-0.1, -0.05) is 12.1 Å². The van der Waals surface area contributed by atoms with Gasteiger partial charge in [0.25, 0.3) is 5.56 Å². The van der Waals surface area contributed by atoms with E-state index >= 15 is 0 Å². The van der Waals surface area contributed by atoms with Gasteiger partial charge in [-0.2, -0.15) is 14.4 Å². The number of nitrogens with one attached hydrogen (secondary N) is 2. The fraction of sp³-hybridized carbons (Fsp3) is 0.450. The number of anilines is 1. The van der Waals surface area contributed by atoms with Gasteiger partial charge in [0.1, 0.15) is 5.39 Å². The number of fused-ring (bicyclic) bond motifs is 1. The summed E-state index contributed by atoms with van der Waals surface area (Å²) in [5.74, 6) is 0.328. The number of nitrogens with zero attached hydrogens (tertiary/aromatic N) is 4. The Balaban J connectivity index is 1.81. The number of hydrogen-bond donors (Lipinski definition) is 2. The van der Waals surface area contributed by atoms with E-state index in [4.69, 9.17) is 0 Å². The second-order valence-corrected chi connectivity index (χ2v) is 10.5. The Bertz CT molecular complexity index is 1200. The lowest BCUT2D eigenvalue weighted by molar-refractivity contribution is 0.366. The third-order valence-corrected chi connectivity index (χ3v) is 6.91. The quantitative estimate of drug-likeness (QED) is 0.619. The molecule has 2 N–H and O–H groups in total. The fourth-order valence-corrected chi connectivity index (χ4v) is 4.27. The Morgan fingerprint density at radius 3 is 2.40 bits per heavy atom. The van der Waals surface area contributed by atoms with Crippen molar-refractivity contribution in [2.45, 2.75) is 57.6 Å². The van der Waals surface area contributed by atoms with Gasteiger partial charge in [0.05, 0.1) is 16.6 Å². The molecule has 0 amide bonds. The molecule has 2 aromatic heterocycles. The van der Waals surface area contributed by atoms with Crippen LogP contribution in [-0.2, 0) is 22.1 Å². The van der Waals surface area contributed by atoms with Gasteiger partial charge in [-0.3, -0.25) is 9.78 Å². The minimum atomic E-state index is -3.52. The number of rotatable bonds is 6. The second kappa shape index (κ2) is 7.84. The first-order valence-corrected chi connectivity index (χ1v) is 11.1. The molecule has 0 aliphatic carbocycles. The highest BCUT2D eigenvalue weighted by molar-refractivity contribution is 7.89. The van der Waals surface area contributed by atoms with E-state index in [1.807, 2.05) is 34.6 Å². The molecule has 10 heteroatoms. The molecular formula is C20H28N6O3S. The van der Waals surface area contributed by atoms with E-state index in [0.717, 1.165) is 5.56 Å². The van der Waals surface area contributed by atoms with Crippen LogP contribution in [0.15, 0.2) is 40.2 Å². The van der Waals surface area contributed by atoms with Gasteiger partial charge in [0.15, 0.2) is 5.65 Å². The van der Waals surface area contributed by atoms with Crippen LogP contribution in [0.1, 0.15) is 40.2 Å².